The number of hydrogen-bond donors (Lipinski definition) is 1. The summed E-state index contributed by atoms with van der Waals surface area (Å²) >= 11 is 6.03. The van der Waals surface area contributed by atoms with E-state index in [0.29, 0.717) is 34.0 Å². The monoisotopic (exact) mass is 479 g/mol. The summed E-state index contributed by atoms with van der Waals surface area (Å²) in [6.07, 6.45) is 2.15. The summed E-state index contributed by atoms with van der Waals surface area (Å²) < 4.78 is 6.37. The van der Waals surface area contributed by atoms with Gasteiger partial charge in [-0.25, -0.2) is 9.48 Å². The predicted molar refractivity (Wildman–Crippen MR) is 119 cm³/mol. The van der Waals surface area contributed by atoms with E-state index in [1.165, 1.54) is 22.8 Å². The van der Waals surface area contributed by atoms with Crippen LogP contribution in [0.4, 0.5) is 0 Å². The lowest BCUT2D eigenvalue weighted by atomic mass is 10.0. The number of halogens is 1. The van der Waals surface area contributed by atoms with Crippen LogP contribution in [-0.2, 0) is 20.9 Å². The van der Waals surface area contributed by atoms with Crippen molar-refractivity contribution in [2.75, 3.05) is 7.11 Å². The molecule has 1 saturated heterocycles. The van der Waals surface area contributed by atoms with E-state index >= 15 is 0 Å². The van der Waals surface area contributed by atoms with E-state index in [1.807, 2.05) is 0 Å². The molecule has 11 heteroatoms. The third-order valence-electron chi connectivity index (χ3n) is 5.93. The van der Waals surface area contributed by atoms with Crippen LogP contribution in [0.5, 0.6) is 0 Å². The molecule has 0 bridgehead atoms. The van der Waals surface area contributed by atoms with Crippen LogP contribution in [0.2, 0.25) is 5.02 Å². The van der Waals surface area contributed by atoms with E-state index in [0.717, 1.165) is 5.56 Å². The second kappa shape index (κ2) is 8.38. The molecule has 0 aliphatic carbocycles. The molecule has 1 atom stereocenters. The Hall–Kier alpha value is -4.05. The van der Waals surface area contributed by atoms with Crippen LogP contribution in [0.25, 0.3) is 16.9 Å². The zero-order chi connectivity index (χ0) is 24.0. The topological polar surface area (TPSA) is 123 Å². The molecule has 10 nitrogen and oxygen atoms in total. The van der Waals surface area contributed by atoms with Crippen LogP contribution in [0.3, 0.4) is 0 Å². The van der Waals surface area contributed by atoms with E-state index in [2.05, 4.69) is 15.6 Å². The SMILES string of the molecule is COC(=O)c1cc(Cl)ccc1-c1cn(-c2ccc3c(c2)CN(C2CCC(=O)NC2=O)C3=O)nn1. The molecule has 3 aromatic rings. The maximum Gasteiger partial charge on any atom is 0.338 e. The van der Waals surface area contributed by atoms with Crippen molar-refractivity contribution < 1.29 is 23.9 Å². The van der Waals surface area contributed by atoms with E-state index in [9.17, 15) is 19.2 Å². The molecule has 2 aliphatic rings. The Kier molecular flexibility index (Phi) is 5.37. The van der Waals surface area contributed by atoms with Crippen LogP contribution >= 0.6 is 11.6 Å². The number of carbonyl (C=O) groups is 4. The van der Waals surface area contributed by atoms with Gasteiger partial charge in [0.05, 0.1) is 24.6 Å². The van der Waals surface area contributed by atoms with Gasteiger partial charge in [0.15, 0.2) is 0 Å². The molecular weight excluding hydrogens is 462 g/mol. The summed E-state index contributed by atoms with van der Waals surface area (Å²) in [6.45, 7) is 0.250. The number of carbonyl (C=O) groups excluding carboxylic acids is 4. The number of ether oxygens (including phenoxy) is 1. The van der Waals surface area contributed by atoms with Crippen molar-refractivity contribution in [3.05, 3.63) is 64.3 Å². The fraction of sp³-hybridized carbons (Fsp3) is 0.217. The smallest absolute Gasteiger partial charge is 0.338 e. The average Bonchev–Trinajstić information content (AvgIpc) is 3.43. The number of imide groups is 1. The highest BCUT2D eigenvalue weighted by Gasteiger charge is 2.39. The Morgan fingerprint density at radius 2 is 1.94 bits per heavy atom. The Morgan fingerprint density at radius 3 is 2.71 bits per heavy atom. The summed E-state index contributed by atoms with van der Waals surface area (Å²) in [5.74, 6) is -1.58. The van der Waals surface area contributed by atoms with Crippen molar-refractivity contribution in [1.29, 1.82) is 0 Å². The number of esters is 1. The standard InChI is InChI=1S/C23H18ClN5O5/c1-34-23(33)17-9-13(24)2-4-16(17)18-11-29(27-26-18)14-3-5-15-12(8-14)10-28(22(15)32)19-6-7-20(30)25-21(19)31/h2-5,8-9,11,19H,6-7,10H2,1H3,(H,25,30,31). The second-order valence-corrected chi connectivity index (χ2v) is 8.41. The predicted octanol–water partition coefficient (Wildman–Crippen LogP) is 2.14. The number of nitrogens with zero attached hydrogens (tertiary/aromatic N) is 4. The number of rotatable bonds is 4. The summed E-state index contributed by atoms with van der Waals surface area (Å²) in [5, 5.41) is 11.0. The largest absolute Gasteiger partial charge is 0.465 e. The van der Waals surface area contributed by atoms with Gasteiger partial charge in [0.2, 0.25) is 11.8 Å². The summed E-state index contributed by atoms with van der Waals surface area (Å²) in [6, 6.07) is 9.36. The number of methoxy groups -OCH3 is 1. The average molecular weight is 480 g/mol. The minimum absolute atomic E-state index is 0.196. The quantitative estimate of drug-likeness (QED) is 0.449. The van der Waals surface area contributed by atoms with Gasteiger partial charge in [-0.3, -0.25) is 19.7 Å². The molecule has 172 valence electrons. The number of nitrogens with one attached hydrogen (secondary N) is 1. The molecule has 2 aliphatic heterocycles. The third-order valence-corrected chi connectivity index (χ3v) is 6.16. The molecule has 0 saturated carbocycles. The highest BCUT2D eigenvalue weighted by molar-refractivity contribution is 6.31. The Balaban J connectivity index is 1.43. The van der Waals surface area contributed by atoms with Crippen LogP contribution in [0.15, 0.2) is 42.6 Å². The van der Waals surface area contributed by atoms with Crippen molar-refractivity contribution in [3.63, 3.8) is 0 Å². The summed E-state index contributed by atoms with van der Waals surface area (Å²) in [7, 11) is 1.29. The Morgan fingerprint density at radius 1 is 1.15 bits per heavy atom. The molecule has 3 amide bonds. The Bertz CT molecular complexity index is 1370. The van der Waals surface area contributed by atoms with Gasteiger partial charge in [0, 0.05) is 29.1 Å². The minimum atomic E-state index is -0.680. The zero-order valence-corrected chi connectivity index (χ0v) is 18.7. The molecule has 0 spiro atoms. The molecular formula is C23H18ClN5O5. The highest BCUT2D eigenvalue weighted by Crippen LogP contribution is 2.30. The number of aromatic nitrogens is 3. The second-order valence-electron chi connectivity index (χ2n) is 7.97. The molecule has 1 fully saturated rings. The first-order chi connectivity index (χ1) is 16.4. The van der Waals surface area contributed by atoms with Crippen molar-refractivity contribution >= 4 is 35.3 Å². The molecule has 0 radical (unpaired) electrons. The number of fused-ring (bicyclic) bond motifs is 1. The number of benzene rings is 2. The van der Waals surface area contributed by atoms with E-state index in [4.69, 9.17) is 16.3 Å². The lowest BCUT2D eigenvalue weighted by Gasteiger charge is -2.29. The number of hydrogen-bond acceptors (Lipinski definition) is 7. The summed E-state index contributed by atoms with van der Waals surface area (Å²) in [5.41, 5.74) is 3.12. The van der Waals surface area contributed by atoms with Crippen molar-refractivity contribution in [2.24, 2.45) is 0 Å². The first kappa shape index (κ1) is 21.8. The van der Waals surface area contributed by atoms with Crippen LogP contribution in [0.1, 0.15) is 39.1 Å². The molecule has 34 heavy (non-hydrogen) atoms. The number of amides is 3. The molecule has 1 N–H and O–H groups in total. The zero-order valence-electron chi connectivity index (χ0n) is 17.9. The first-order valence-electron chi connectivity index (χ1n) is 10.4. The minimum Gasteiger partial charge on any atom is -0.465 e. The lowest BCUT2D eigenvalue weighted by molar-refractivity contribution is -0.136. The molecule has 1 unspecified atom stereocenters. The van der Waals surface area contributed by atoms with E-state index in [-0.39, 0.29) is 30.3 Å². The fourth-order valence-corrected chi connectivity index (χ4v) is 4.41. The molecule has 3 heterocycles. The van der Waals surface area contributed by atoms with Crippen molar-refractivity contribution in [1.82, 2.24) is 25.2 Å². The molecule has 2 aromatic carbocycles. The van der Waals surface area contributed by atoms with Crippen LogP contribution in [-0.4, -0.2) is 56.7 Å². The van der Waals surface area contributed by atoms with Gasteiger partial charge in [-0.2, -0.15) is 0 Å². The van der Waals surface area contributed by atoms with Crippen LogP contribution in [0, 0.1) is 0 Å². The van der Waals surface area contributed by atoms with Gasteiger partial charge in [-0.05, 0) is 42.3 Å². The van der Waals surface area contributed by atoms with Gasteiger partial charge < -0.3 is 9.64 Å². The lowest BCUT2D eigenvalue weighted by Crippen LogP contribution is -2.52. The van der Waals surface area contributed by atoms with Gasteiger partial charge in [0.1, 0.15) is 11.7 Å². The fourth-order valence-electron chi connectivity index (χ4n) is 4.24. The highest BCUT2D eigenvalue weighted by atomic mass is 35.5. The number of piperidine rings is 1. The Labute approximate surface area is 198 Å². The van der Waals surface area contributed by atoms with Crippen molar-refractivity contribution in [2.45, 2.75) is 25.4 Å². The maximum absolute atomic E-state index is 12.9. The van der Waals surface area contributed by atoms with Gasteiger partial charge in [-0.1, -0.05) is 22.9 Å². The van der Waals surface area contributed by atoms with Crippen LogP contribution < -0.4 is 5.32 Å². The summed E-state index contributed by atoms with van der Waals surface area (Å²) in [4.78, 5) is 50.2. The van der Waals surface area contributed by atoms with E-state index in [1.54, 1.807) is 36.5 Å². The third kappa shape index (κ3) is 3.71. The maximum atomic E-state index is 12.9. The normalized spacial score (nSPS) is 17.5. The van der Waals surface area contributed by atoms with Crippen molar-refractivity contribution in [3.8, 4) is 16.9 Å². The van der Waals surface area contributed by atoms with Gasteiger partial charge in [-0.15, -0.1) is 5.10 Å². The first-order valence-corrected chi connectivity index (χ1v) is 10.8. The molecule has 1 aromatic heterocycles. The van der Waals surface area contributed by atoms with Gasteiger partial charge in [0.25, 0.3) is 5.91 Å². The van der Waals surface area contributed by atoms with Gasteiger partial charge >= 0.3 is 5.97 Å². The van der Waals surface area contributed by atoms with E-state index < -0.39 is 17.9 Å². The molecule has 5 rings (SSSR count).